The zero-order valence-corrected chi connectivity index (χ0v) is 20.3. The summed E-state index contributed by atoms with van der Waals surface area (Å²) in [5, 5.41) is 4.98. The van der Waals surface area contributed by atoms with Gasteiger partial charge in [0.25, 0.3) is 0 Å². The molecule has 35 heavy (non-hydrogen) atoms. The second-order valence-corrected chi connectivity index (χ2v) is 9.18. The maximum Gasteiger partial charge on any atom is 0.337 e. The van der Waals surface area contributed by atoms with Crippen molar-refractivity contribution in [3.05, 3.63) is 94.5 Å². The Morgan fingerprint density at radius 2 is 1.77 bits per heavy atom. The number of ether oxygens (including phenoxy) is 1. The number of halogens is 1. The van der Waals surface area contributed by atoms with E-state index in [0.29, 0.717) is 23.0 Å². The van der Waals surface area contributed by atoms with Gasteiger partial charge in [0.15, 0.2) is 0 Å². The number of nitrogens with zero attached hydrogens (tertiary/aromatic N) is 3. The smallest absolute Gasteiger partial charge is 0.337 e. The van der Waals surface area contributed by atoms with Gasteiger partial charge in [0.1, 0.15) is 5.82 Å². The summed E-state index contributed by atoms with van der Waals surface area (Å²) in [6.45, 7) is 2.37. The maximum absolute atomic E-state index is 11.7. The van der Waals surface area contributed by atoms with Crippen molar-refractivity contribution in [2.75, 3.05) is 30.4 Å². The van der Waals surface area contributed by atoms with Gasteiger partial charge in [-0.15, -0.1) is 0 Å². The first-order valence-corrected chi connectivity index (χ1v) is 12.2. The quantitative estimate of drug-likeness (QED) is 0.334. The Morgan fingerprint density at radius 1 is 1.03 bits per heavy atom. The van der Waals surface area contributed by atoms with E-state index in [9.17, 15) is 4.79 Å². The van der Waals surface area contributed by atoms with E-state index in [1.807, 2.05) is 30.3 Å². The lowest BCUT2D eigenvalue weighted by atomic mass is 9.90. The highest BCUT2D eigenvalue weighted by atomic mass is 35.5. The molecule has 0 bridgehead atoms. The van der Waals surface area contributed by atoms with E-state index in [-0.39, 0.29) is 5.97 Å². The Kier molecular flexibility index (Phi) is 6.82. The zero-order valence-electron chi connectivity index (χ0n) is 19.6. The van der Waals surface area contributed by atoms with E-state index >= 15 is 0 Å². The molecule has 1 aliphatic heterocycles. The summed E-state index contributed by atoms with van der Waals surface area (Å²) >= 11 is 6.29. The average Bonchev–Trinajstić information content (AvgIpc) is 2.92. The van der Waals surface area contributed by atoms with Gasteiger partial charge in [-0.1, -0.05) is 54.1 Å². The minimum atomic E-state index is -0.346. The van der Waals surface area contributed by atoms with Crippen LogP contribution < -0.4 is 10.2 Å². The number of esters is 1. The van der Waals surface area contributed by atoms with Crippen molar-refractivity contribution in [1.29, 1.82) is 0 Å². The summed E-state index contributed by atoms with van der Waals surface area (Å²) in [4.78, 5) is 23.7. The fourth-order valence-corrected chi connectivity index (χ4v) is 4.74. The predicted octanol–water partition coefficient (Wildman–Crippen LogP) is 6.07. The van der Waals surface area contributed by atoms with Crippen molar-refractivity contribution in [3.8, 4) is 0 Å². The highest BCUT2D eigenvalue weighted by molar-refractivity contribution is 6.31. The third-order valence-electron chi connectivity index (χ3n) is 6.53. The molecule has 0 aliphatic carbocycles. The molecule has 0 unspecified atom stereocenters. The number of carbonyl (C=O) groups is 1. The monoisotopic (exact) mass is 486 g/mol. The van der Waals surface area contributed by atoms with Crippen molar-refractivity contribution >= 4 is 40.2 Å². The maximum atomic E-state index is 11.7. The molecule has 4 aromatic rings. The molecule has 5 rings (SSSR count). The highest BCUT2D eigenvalue weighted by Gasteiger charge is 2.23. The van der Waals surface area contributed by atoms with Gasteiger partial charge >= 0.3 is 5.97 Å². The lowest BCUT2D eigenvalue weighted by Gasteiger charge is -2.32. The van der Waals surface area contributed by atoms with Gasteiger partial charge < -0.3 is 15.0 Å². The van der Waals surface area contributed by atoms with Crippen LogP contribution in [0.15, 0.2) is 72.8 Å². The van der Waals surface area contributed by atoms with Crippen LogP contribution in [-0.4, -0.2) is 36.1 Å². The molecule has 0 amide bonds. The first-order valence-electron chi connectivity index (χ1n) is 11.8. The number of hydrogen-bond acceptors (Lipinski definition) is 6. The van der Waals surface area contributed by atoms with Crippen LogP contribution in [0.25, 0.3) is 10.9 Å². The normalized spacial score (nSPS) is 14.2. The van der Waals surface area contributed by atoms with E-state index < -0.39 is 0 Å². The van der Waals surface area contributed by atoms with Crippen LogP contribution in [0.4, 0.5) is 11.8 Å². The Labute approximate surface area is 209 Å². The Balaban J connectivity index is 1.36. The molecule has 6 nitrogen and oxygen atoms in total. The van der Waals surface area contributed by atoms with Crippen LogP contribution in [0.1, 0.15) is 40.2 Å². The van der Waals surface area contributed by atoms with Crippen LogP contribution in [-0.2, 0) is 11.3 Å². The minimum absolute atomic E-state index is 0.346. The average molecular weight is 487 g/mol. The van der Waals surface area contributed by atoms with Gasteiger partial charge in [0, 0.05) is 30.0 Å². The summed E-state index contributed by atoms with van der Waals surface area (Å²) in [6.07, 6.45) is 2.14. The molecule has 0 spiro atoms. The first kappa shape index (κ1) is 23.1. The van der Waals surface area contributed by atoms with Crippen molar-refractivity contribution in [2.24, 2.45) is 0 Å². The Bertz CT molecular complexity index is 1320. The summed E-state index contributed by atoms with van der Waals surface area (Å²) in [6, 6.07) is 23.8. The number of benzene rings is 3. The SMILES string of the molecule is COC(=O)c1ccc(CNc2nc(N3CCC(c4ccccc4)CC3)nc3ccc(Cl)cc23)cc1. The number of carbonyl (C=O) groups excluding carboxylic acids is 1. The highest BCUT2D eigenvalue weighted by Crippen LogP contribution is 2.32. The molecule has 2 heterocycles. The summed E-state index contributed by atoms with van der Waals surface area (Å²) < 4.78 is 4.78. The van der Waals surface area contributed by atoms with Gasteiger partial charge in [0.2, 0.25) is 5.95 Å². The Morgan fingerprint density at radius 3 is 2.49 bits per heavy atom. The molecule has 7 heteroatoms. The molecule has 1 aromatic heterocycles. The van der Waals surface area contributed by atoms with Gasteiger partial charge in [0.05, 0.1) is 18.2 Å². The molecule has 1 fully saturated rings. The number of methoxy groups -OCH3 is 1. The van der Waals surface area contributed by atoms with E-state index in [2.05, 4.69) is 40.5 Å². The van der Waals surface area contributed by atoms with Crippen molar-refractivity contribution in [1.82, 2.24) is 9.97 Å². The van der Waals surface area contributed by atoms with Gasteiger partial charge in [-0.3, -0.25) is 0 Å². The number of rotatable bonds is 6. The second kappa shape index (κ2) is 10.3. The van der Waals surface area contributed by atoms with Gasteiger partial charge in [-0.05, 0) is 60.2 Å². The molecule has 0 saturated carbocycles. The van der Waals surface area contributed by atoms with Crippen LogP contribution in [0.3, 0.4) is 0 Å². The largest absolute Gasteiger partial charge is 0.465 e. The minimum Gasteiger partial charge on any atom is -0.465 e. The first-order chi connectivity index (χ1) is 17.1. The molecule has 0 radical (unpaired) electrons. The van der Waals surface area contributed by atoms with Crippen molar-refractivity contribution in [2.45, 2.75) is 25.3 Å². The van der Waals surface area contributed by atoms with Gasteiger partial charge in [-0.25, -0.2) is 9.78 Å². The number of piperidine rings is 1. The molecule has 3 aromatic carbocycles. The molecular weight excluding hydrogens is 460 g/mol. The third-order valence-corrected chi connectivity index (χ3v) is 6.76. The predicted molar refractivity (Wildman–Crippen MR) is 140 cm³/mol. The molecule has 1 aliphatic rings. The summed E-state index contributed by atoms with van der Waals surface area (Å²) in [5.41, 5.74) is 3.81. The van der Waals surface area contributed by atoms with Crippen molar-refractivity contribution in [3.63, 3.8) is 0 Å². The van der Waals surface area contributed by atoms with Crippen LogP contribution in [0.5, 0.6) is 0 Å². The number of aromatic nitrogens is 2. The number of nitrogens with one attached hydrogen (secondary N) is 1. The van der Waals surface area contributed by atoms with Crippen molar-refractivity contribution < 1.29 is 9.53 Å². The lowest BCUT2D eigenvalue weighted by molar-refractivity contribution is 0.0600. The summed E-state index contributed by atoms with van der Waals surface area (Å²) in [5.74, 6) is 1.70. The van der Waals surface area contributed by atoms with E-state index in [1.165, 1.54) is 12.7 Å². The van der Waals surface area contributed by atoms with Crippen LogP contribution in [0.2, 0.25) is 5.02 Å². The fourth-order valence-electron chi connectivity index (χ4n) is 4.56. The van der Waals surface area contributed by atoms with E-state index in [4.69, 9.17) is 26.3 Å². The summed E-state index contributed by atoms with van der Waals surface area (Å²) in [7, 11) is 1.38. The standard InChI is InChI=1S/C28H27ClN4O2/c1-35-27(34)22-9-7-19(8-10-22)18-30-26-24-17-23(29)11-12-25(24)31-28(32-26)33-15-13-21(14-16-33)20-5-3-2-4-6-20/h2-12,17,21H,13-16,18H2,1H3,(H,30,31,32). The topological polar surface area (TPSA) is 67.3 Å². The Hall–Kier alpha value is -3.64. The molecule has 0 atom stereocenters. The van der Waals surface area contributed by atoms with Gasteiger partial charge in [-0.2, -0.15) is 4.98 Å². The molecule has 178 valence electrons. The fraction of sp³-hybridized carbons (Fsp3) is 0.250. The van der Waals surface area contributed by atoms with Crippen LogP contribution in [0, 0.1) is 0 Å². The second-order valence-electron chi connectivity index (χ2n) is 8.75. The molecular formula is C28H27ClN4O2. The van der Waals surface area contributed by atoms with E-state index in [0.717, 1.165) is 54.2 Å². The number of anilines is 2. The molecule has 1 saturated heterocycles. The van der Waals surface area contributed by atoms with Crippen LogP contribution >= 0.6 is 11.6 Å². The number of hydrogen-bond donors (Lipinski definition) is 1. The third kappa shape index (κ3) is 5.23. The van der Waals surface area contributed by atoms with E-state index in [1.54, 1.807) is 12.1 Å². The number of fused-ring (bicyclic) bond motifs is 1. The zero-order chi connectivity index (χ0) is 24.2. The lowest BCUT2D eigenvalue weighted by Crippen LogP contribution is -2.34. The molecule has 1 N–H and O–H groups in total.